The van der Waals surface area contributed by atoms with E-state index in [0.717, 1.165) is 5.69 Å². The standard InChI is InChI=1S/C18H22ClN3O3S2/c1-12(2)16-11-26-18(20-16)21-17(23)13-7-9-22(10-8-13)27(24,25)15-5-3-14(19)4-6-15/h3-6,11-13H,7-10H2,1-2H3,(H,20,21,23). The zero-order valence-electron chi connectivity index (χ0n) is 15.2. The summed E-state index contributed by atoms with van der Waals surface area (Å²) in [5, 5.41) is 5.90. The number of nitrogens with one attached hydrogen (secondary N) is 1. The molecular weight excluding hydrogens is 406 g/mol. The van der Waals surface area contributed by atoms with E-state index in [4.69, 9.17) is 11.6 Å². The fourth-order valence-corrected chi connectivity index (χ4v) is 5.40. The molecule has 0 atom stereocenters. The fraction of sp³-hybridized carbons (Fsp3) is 0.444. The molecule has 0 aliphatic carbocycles. The molecule has 2 aromatic rings. The number of aromatic nitrogens is 1. The molecule has 1 aromatic heterocycles. The van der Waals surface area contributed by atoms with Crippen molar-refractivity contribution in [3.8, 4) is 0 Å². The largest absolute Gasteiger partial charge is 0.302 e. The van der Waals surface area contributed by atoms with E-state index in [2.05, 4.69) is 24.1 Å². The molecule has 6 nitrogen and oxygen atoms in total. The zero-order chi connectivity index (χ0) is 19.6. The monoisotopic (exact) mass is 427 g/mol. The molecule has 1 saturated heterocycles. The number of amides is 1. The Morgan fingerprint density at radius 3 is 2.44 bits per heavy atom. The van der Waals surface area contributed by atoms with Crippen molar-refractivity contribution in [1.29, 1.82) is 0 Å². The Morgan fingerprint density at radius 2 is 1.89 bits per heavy atom. The van der Waals surface area contributed by atoms with Crippen LogP contribution in [0, 0.1) is 5.92 Å². The van der Waals surface area contributed by atoms with Gasteiger partial charge in [0.05, 0.1) is 10.6 Å². The number of carbonyl (C=O) groups is 1. The van der Waals surface area contributed by atoms with Crippen LogP contribution in [0.3, 0.4) is 0 Å². The number of hydrogen-bond acceptors (Lipinski definition) is 5. The minimum absolute atomic E-state index is 0.0943. The molecule has 1 aromatic carbocycles. The molecule has 0 saturated carbocycles. The summed E-state index contributed by atoms with van der Waals surface area (Å²) in [5.41, 5.74) is 0.958. The topological polar surface area (TPSA) is 79.4 Å². The molecule has 9 heteroatoms. The first-order valence-electron chi connectivity index (χ1n) is 8.79. The Labute approximate surface area is 168 Å². The zero-order valence-corrected chi connectivity index (χ0v) is 17.6. The van der Waals surface area contributed by atoms with E-state index in [-0.39, 0.29) is 16.7 Å². The first kappa shape index (κ1) is 20.3. The Hall–Kier alpha value is -1.48. The second-order valence-electron chi connectivity index (χ2n) is 6.85. The summed E-state index contributed by atoms with van der Waals surface area (Å²) in [6.45, 7) is 4.74. The summed E-state index contributed by atoms with van der Waals surface area (Å²) in [6, 6.07) is 6.14. The van der Waals surface area contributed by atoms with Crippen LogP contribution >= 0.6 is 22.9 Å². The van der Waals surface area contributed by atoms with Gasteiger partial charge in [0.15, 0.2) is 5.13 Å². The number of halogens is 1. The molecule has 0 radical (unpaired) electrons. The molecule has 1 amide bonds. The van der Waals surface area contributed by atoms with Crippen molar-refractivity contribution < 1.29 is 13.2 Å². The average molecular weight is 428 g/mol. The van der Waals surface area contributed by atoms with Gasteiger partial charge in [-0.05, 0) is 43.0 Å². The van der Waals surface area contributed by atoms with Gasteiger partial charge in [0.1, 0.15) is 0 Å². The molecule has 1 aliphatic rings. The SMILES string of the molecule is CC(C)c1csc(NC(=O)C2CCN(S(=O)(=O)c3ccc(Cl)cc3)CC2)n1. The molecule has 1 N–H and O–H groups in total. The van der Waals surface area contributed by atoms with E-state index in [1.165, 1.54) is 27.8 Å². The molecule has 1 fully saturated rings. The highest BCUT2D eigenvalue weighted by atomic mass is 35.5. The van der Waals surface area contributed by atoms with Crippen LogP contribution in [0.15, 0.2) is 34.5 Å². The smallest absolute Gasteiger partial charge is 0.243 e. The van der Waals surface area contributed by atoms with Crippen LogP contribution in [0.4, 0.5) is 5.13 Å². The summed E-state index contributed by atoms with van der Waals surface area (Å²) >= 11 is 7.24. The predicted molar refractivity (Wildman–Crippen MR) is 108 cm³/mol. The second kappa shape index (κ2) is 8.26. The van der Waals surface area contributed by atoms with Gasteiger partial charge >= 0.3 is 0 Å². The summed E-state index contributed by atoms with van der Waals surface area (Å²) in [4.78, 5) is 17.1. The van der Waals surface area contributed by atoms with Gasteiger partial charge in [0.25, 0.3) is 0 Å². The number of carbonyl (C=O) groups excluding carboxylic acids is 1. The first-order chi connectivity index (χ1) is 12.8. The van der Waals surface area contributed by atoms with Crippen LogP contribution in [-0.2, 0) is 14.8 Å². The average Bonchev–Trinajstić information content (AvgIpc) is 3.11. The van der Waals surface area contributed by atoms with Gasteiger partial charge < -0.3 is 5.32 Å². The third-order valence-electron chi connectivity index (χ3n) is 4.62. The van der Waals surface area contributed by atoms with Crippen LogP contribution in [0.25, 0.3) is 0 Å². The van der Waals surface area contributed by atoms with E-state index in [9.17, 15) is 13.2 Å². The highest BCUT2D eigenvalue weighted by Crippen LogP contribution is 2.27. The van der Waals surface area contributed by atoms with Crippen LogP contribution in [0.2, 0.25) is 5.02 Å². The first-order valence-corrected chi connectivity index (χ1v) is 11.5. The van der Waals surface area contributed by atoms with Crippen LogP contribution < -0.4 is 5.32 Å². The van der Waals surface area contributed by atoms with E-state index < -0.39 is 10.0 Å². The maximum Gasteiger partial charge on any atom is 0.243 e. The molecule has 0 spiro atoms. The fourth-order valence-electron chi connectivity index (χ4n) is 2.93. The van der Waals surface area contributed by atoms with Crippen molar-refractivity contribution in [2.45, 2.75) is 37.5 Å². The number of piperidine rings is 1. The predicted octanol–water partition coefficient (Wildman–Crippen LogP) is 3.96. The number of rotatable bonds is 5. The Bertz CT molecular complexity index is 902. The molecular formula is C18H22ClN3O3S2. The highest BCUT2D eigenvalue weighted by Gasteiger charge is 2.32. The molecule has 146 valence electrons. The van der Waals surface area contributed by atoms with Crippen molar-refractivity contribution in [2.75, 3.05) is 18.4 Å². The van der Waals surface area contributed by atoms with Crippen LogP contribution in [0.5, 0.6) is 0 Å². The Balaban J connectivity index is 1.59. The van der Waals surface area contributed by atoms with Crippen molar-refractivity contribution >= 4 is 44.0 Å². The van der Waals surface area contributed by atoms with Crippen molar-refractivity contribution in [1.82, 2.24) is 9.29 Å². The second-order valence-corrected chi connectivity index (χ2v) is 10.1. The Morgan fingerprint density at radius 1 is 1.26 bits per heavy atom. The maximum absolute atomic E-state index is 12.7. The van der Waals surface area contributed by atoms with Crippen molar-refractivity contribution in [3.63, 3.8) is 0 Å². The van der Waals surface area contributed by atoms with Gasteiger partial charge in [0, 0.05) is 29.4 Å². The summed E-state index contributed by atoms with van der Waals surface area (Å²) in [5.74, 6) is 0.00415. The minimum Gasteiger partial charge on any atom is -0.302 e. The van der Waals surface area contributed by atoms with Gasteiger partial charge in [-0.25, -0.2) is 13.4 Å². The number of benzene rings is 1. The van der Waals surface area contributed by atoms with E-state index in [0.29, 0.717) is 42.0 Å². The normalized spacial score (nSPS) is 16.6. The lowest BCUT2D eigenvalue weighted by Gasteiger charge is -2.30. The van der Waals surface area contributed by atoms with Crippen molar-refractivity contribution in [3.05, 3.63) is 40.4 Å². The van der Waals surface area contributed by atoms with E-state index >= 15 is 0 Å². The summed E-state index contributed by atoms with van der Waals surface area (Å²) in [7, 11) is -3.56. The lowest BCUT2D eigenvalue weighted by atomic mass is 9.97. The molecule has 3 rings (SSSR count). The molecule has 1 aliphatic heterocycles. The third-order valence-corrected chi connectivity index (χ3v) is 7.56. The lowest BCUT2D eigenvalue weighted by molar-refractivity contribution is -0.120. The van der Waals surface area contributed by atoms with E-state index in [1.807, 2.05) is 5.38 Å². The quantitative estimate of drug-likeness (QED) is 0.783. The molecule has 2 heterocycles. The van der Waals surface area contributed by atoms with Gasteiger partial charge in [-0.1, -0.05) is 25.4 Å². The van der Waals surface area contributed by atoms with Crippen molar-refractivity contribution in [2.24, 2.45) is 5.92 Å². The van der Waals surface area contributed by atoms with Crippen LogP contribution in [-0.4, -0.2) is 36.7 Å². The summed E-state index contributed by atoms with van der Waals surface area (Å²) < 4.78 is 26.8. The minimum atomic E-state index is -3.56. The summed E-state index contributed by atoms with van der Waals surface area (Å²) in [6.07, 6.45) is 0.974. The number of thiazole rings is 1. The molecule has 0 bridgehead atoms. The van der Waals surface area contributed by atoms with Gasteiger partial charge in [-0.3, -0.25) is 4.79 Å². The van der Waals surface area contributed by atoms with Crippen LogP contribution in [0.1, 0.15) is 38.3 Å². The van der Waals surface area contributed by atoms with Gasteiger partial charge in [0.2, 0.25) is 15.9 Å². The van der Waals surface area contributed by atoms with Gasteiger partial charge in [-0.2, -0.15) is 4.31 Å². The maximum atomic E-state index is 12.7. The lowest BCUT2D eigenvalue weighted by Crippen LogP contribution is -2.41. The molecule has 0 unspecified atom stereocenters. The molecule has 27 heavy (non-hydrogen) atoms. The number of nitrogens with zero attached hydrogens (tertiary/aromatic N) is 2. The number of sulfonamides is 1. The number of hydrogen-bond donors (Lipinski definition) is 1. The highest BCUT2D eigenvalue weighted by molar-refractivity contribution is 7.89. The Kier molecular flexibility index (Phi) is 6.20. The van der Waals surface area contributed by atoms with E-state index in [1.54, 1.807) is 12.1 Å². The third kappa shape index (κ3) is 4.68. The van der Waals surface area contributed by atoms with Gasteiger partial charge in [-0.15, -0.1) is 11.3 Å². The number of anilines is 1.